The first-order chi connectivity index (χ1) is 25.1. The van der Waals surface area contributed by atoms with Crippen LogP contribution in [0.15, 0.2) is 36.6 Å². The number of aromatic nitrogens is 5. The number of carboxylic acid groups (broad SMARTS) is 1. The Balaban J connectivity index is 1.38. The molecule has 3 heterocycles. The summed E-state index contributed by atoms with van der Waals surface area (Å²) >= 11 is 0. The number of carbonyl (C=O) groups is 1. The number of rotatable bonds is 8. The third-order valence-electron chi connectivity index (χ3n) is 17.6. The molecule has 1 aliphatic heterocycles. The minimum atomic E-state index is -0.632. The molecular weight excluding hydrogens is 677 g/mol. The van der Waals surface area contributed by atoms with Crippen molar-refractivity contribution in [3.63, 3.8) is 0 Å². The van der Waals surface area contributed by atoms with Gasteiger partial charge in [-0.2, -0.15) is 5.10 Å². The fraction of sp³-hybridized carbons (Fsp3) is 0.795. The number of hydrogen-bond donors (Lipinski definition) is 2. The predicted octanol–water partition coefficient (Wildman–Crippen LogP) is 8.40. The summed E-state index contributed by atoms with van der Waals surface area (Å²) in [5, 5.41) is 16.1. The van der Waals surface area contributed by atoms with Crippen molar-refractivity contribution in [2.45, 2.75) is 145 Å². The van der Waals surface area contributed by atoms with Crippen LogP contribution in [0.2, 0.25) is 0 Å². The lowest BCUT2D eigenvalue weighted by Crippen LogP contribution is -2.71. The molecule has 54 heavy (non-hydrogen) atoms. The van der Waals surface area contributed by atoms with Crippen molar-refractivity contribution in [1.29, 1.82) is 0 Å². The Morgan fingerprint density at radius 3 is 2.43 bits per heavy atom. The second-order valence-corrected chi connectivity index (χ2v) is 21.0. The van der Waals surface area contributed by atoms with Crippen molar-refractivity contribution in [3.05, 3.63) is 36.6 Å². The molecule has 2 aromatic rings. The molecule has 0 spiro atoms. The third kappa shape index (κ3) is 5.38. The number of nitrogens with two attached hydrogens (primary N) is 1. The van der Waals surface area contributed by atoms with E-state index in [0.29, 0.717) is 36.8 Å². The van der Waals surface area contributed by atoms with E-state index in [4.69, 9.17) is 25.3 Å². The molecule has 0 unspecified atom stereocenters. The van der Waals surface area contributed by atoms with Crippen LogP contribution in [-0.2, 0) is 14.3 Å². The molecule has 298 valence electrons. The van der Waals surface area contributed by atoms with E-state index < -0.39 is 17.4 Å². The van der Waals surface area contributed by atoms with E-state index in [-0.39, 0.29) is 56.7 Å². The van der Waals surface area contributed by atoms with Crippen LogP contribution in [0, 0.1) is 62.1 Å². The first-order valence-corrected chi connectivity index (χ1v) is 20.7. The van der Waals surface area contributed by atoms with Crippen LogP contribution in [0.25, 0.3) is 11.5 Å². The maximum absolute atomic E-state index is 13.6. The summed E-state index contributed by atoms with van der Waals surface area (Å²) in [4.78, 5) is 27.2. The average Bonchev–Trinajstić information content (AvgIpc) is 3.59. The minimum Gasteiger partial charge on any atom is -0.481 e. The Labute approximate surface area is 323 Å². The zero-order chi connectivity index (χ0) is 39.4. The first kappa shape index (κ1) is 39.5. The number of ether oxygens (including phenoxy) is 2. The van der Waals surface area contributed by atoms with E-state index in [2.05, 4.69) is 104 Å². The summed E-state index contributed by atoms with van der Waals surface area (Å²) in [6.07, 6.45) is 12.7. The highest BCUT2D eigenvalue weighted by Crippen LogP contribution is 2.76. The number of hydrogen-bond acceptors (Lipinski definition) is 8. The van der Waals surface area contributed by atoms with Crippen molar-refractivity contribution in [2.24, 2.45) is 67.8 Å². The summed E-state index contributed by atoms with van der Waals surface area (Å²) in [5.74, 6) is 0.898. The highest BCUT2D eigenvalue weighted by molar-refractivity contribution is 5.73. The number of aliphatic carboxylic acids is 1. The highest BCUT2D eigenvalue weighted by atomic mass is 16.5. The van der Waals surface area contributed by atoms with Crippen molar-refractivity contribution in [3.8, 4) is 11.5 Å². The second kappa shape index (κ2) is 12.9. The SMILES string of the molecule is CC(C)[C@@H](C)[C@@]1(C)CC[C@]2(C)[C@H]3CC[C@H]4[C@@]5(C)CO[C@@H](C)[C@@]4(C[C@@H](n4ncnc4-c4ccncn4)[C@@H]5OC[C@](C)(N)C(C)(C)C)C3=CC[C@@]2(C)[C@@H]1C(=O)O. The number of allylic oxidation sites excluding steroid dienone is 1. The first-order valence-electron chi connectivity index (χ1n) is 20.7. The average molecular weight is 745 g/mol. The van der Waals surface area contributed by atoms with Crippen molar-refractivity contribution >= 4 is 5.97 Å². The van der Waals surface area contributed by atoms with Gasteiger partial charge in [-0.05, 0) is 104 Å². The molecule has 1 saturated heterocycles. The van der Waals surface area contributed by atoms with Crippen molar-refractivity contribution in [1.82, 2.24) is 24.7 Å². The van der Waals surface area contributed by atoms with E-state index in [1.807, 2.05) is 6.07 Å². The van der Waals surface area contributed by atoms with Gasteiger partial charge >= 0.3 is 5.97 Å². The van der Waals surface area contributed by atoms with Crippen LogP contribution >= 0.6 is 0 Å². The molecule has 10 heteroatoms. The number of nitrogens with zero attached hydrogens (tertiary/aromatic N) is 5. The maximum atomic E-state index is 13.6. The molecule has 0 radical (unpaired) electrons. The van der Waals surface area contributed by atoms with Gasteiger partial charge in [-0.15, -0.1) is 0 Å². The van der Waals surface area contributed by atoms with Crippen LogP contribution in [0.4, 0.5) is 0 Å². The molecule has 0 aromatic carbocycles. The van der Waals surface area contributed by atoms with Gasteiger partial charge in [-0.3, -0.25) is 4.79 Å². The van der Waals surface area contributed by atoms with Gasteiger partial charge in [0.05, 0.1) is 37.4 Å². The van der Waals surface area contributed by atoms with Crippen LogP contribution in [0.3, 0.4) is 0 Å². The molecule has 0 amide bonds. The molecule has 4 fully saturated rings. The van der Waals surface area contributed by atoms with E-state index in [1.165, 1.54) is 5.57 Å². The minimum absolute atomic E-state index is 0.0357. The van der Waals surface area contributed by atoms with Gasteiger partial charge in [0.15, 0.2) is 5.82 Å². The maximum Gasteiger partial charge on any atom is 0.307 e. The summed E-state index contributed by atoms with van der Waals surface area (Å²) < 4.78 is 16.3. The van der Waals surface area contributed by atoms with Crippen molar-refractivity contribution in [2.75, 3.05) is 13.2 Å². The second-order valence-electron chi connectivity index (χ2n) is 21.0. The van der Waals surface area contributed by atoms with Gasteiger partial charge in [-0.1, -0.05) is 80.9 Å². The molecule has 10 nitrogen and oxygen atoms in total. The van der Waals surface area contributed by atoms with E-state index >= 15 is 0 Å². The van der Waals surface area contributed by atoms with Gasteiger partial charge in [0, 0.05) is 22.6 Å². The lowest BCUT2D eigenvalue weighted by Gasteiger charge is -2.72. The number of carboxylic acids is 1. The predicted molar refractivity (Wildman–Crippen MR) is 210 cm³/mol. The third-order valence-corrected chi connectivity index (χ3v) is 17.6. The van der Waals surface area contributed by atoms with Crippen LogP contribution in [-0.4, -0.2) is 66.8 Å². The molecule has 7 rings (SSSR count). The summed E-state index contributed by atoms with van der Waals surface area (Å²) in [7, 11) is 0. The smallest absolute Gasteiger partial charge is 0.307 e. The standard InChI is InChI=1S/C44H68N6O4/c1-26(2)27(3)39(8)18-19-41(10)29-13-14-33-40(9)22-53-28(4)44(33,30(29)15-17-42(41,11)34(39)37(51)52)21-32(35(40)54-23-43(12,45)38(5,6)7)50-36(48-25-49-50)31-16-20-46-24-47-31/h15-16,20,24-29,32-35H,13-14,17-19,21-23,45H2,1-12H3,(H,51,52)/t27-,28+,29+,32-,33+,34-,35+,39-,40-,41-,42+,43+,44+/m1/s1. The summed E-state index contributed by atoms with van der Waals surface area (Å²) in [6, 6.07) is 1.72. The molecule has 13 atom stereocenters. The van der Waals surface area contributed by atoms with Gasteiger partial charge < -0.3 is 20.3 Å². The topological polar surface area (TPSA) is 138 Å². The molecule has 5 aliphatic rings. The van der Waals surface area contributed by atoms with Gasteiger partial charge in [0.25, 0.3) is 0 Å². The normalized spacial score (nSPS) is 42.2. The molecular formula is C44H68N6O4. The largest absolute Gasteiger partial charge is 0.481 e. The van der Waals surface area contributed by atoms with E-state index in [1.54, 1.807) is 18.9 Å². The highest BCUT2D eigenvalue weighted by Gasteiger charge is 2.73. The number of fused-ring (bicyclic) bond motifs is 3. The lowest BCUT2D eigenvalue weighted by atomic mass is 9.33. The molecule has 3 saturated carbocycles. The van der Waals surface area contributed by atoms with Gasteiger partial charge in [-0.25, -0.2) is 19.6 Å². The Bertz CT molecular complexity index is 1770. The van der Waals surface area contributed by atoms with Crippen LogP contribution in [0.5, 0.6) is 0 Å². The Kier molecular flexibility index (Phi) is 9.46. The van der Waals surface area contributed by atoms with E-state index in [9.17, 15) is 9.90 Å². The molecule has 4 aliphatic carbocycles. The Morgan fingerprint density at radius 2 is 1.80 bits per heavy atom. The van der Waals surface area contributed by atoms with Crippen LogP contribution < -0.4 is 5.73 Å². The molecule has 3 N–H and O–H groups in total. The van der Waals surface area contributed by atoms with Gasteiger partial charge in [0.2, 0.25) is 0 Å². The zero-order valence-electron chi connectivity index (χ0n) is 35.1. The molecule has 2 bridgehead atoms. The zero-order valence-corrected chi connectivity index (χ0v) is 35.1. The summed E-state index contributed by atoms with van der Waals surface area (Å²) in [5.41, 5.74) is 6.99. The van der Waals surface area contributed by atoms with E-state index in [0.717, 1.165) is 44.2 Å². The molecule has 2 aromatic heterocycles. The fourth-order valence-electron chi connectivity index (χ4n) is 13.0. The lowest BCUT2D eigenvalue weighted by molar-refractivity contribution is -0.274. The summed E-state index contributed by atoms with van der Waals surface area (Å²) in [6.45, 7) is 28.1. The Morgan fingerprint density at radius 1 is 1.07 bits per heavy atom. The Hall–Kier alpha value is -2.69. The quantitative estimate of drug-likeness (QED) is 0.255. The van der Waals surface area contributed by atoms with Crippen molar-refractivity contribution < 1.29 is 19.4 Å². The van der Waals surface area contributed by atoms with Crippen LogP contribution in [0.1, 0.15) is 128 Å². The monoisotopic (exact) mass is 745 g/mol. The fourth-order valence-corrected chi connectivity index (χ4v) is 13.0. The van der Waals surface area contributed by atoms with Gasteiger partial charge in [0.1, 0.15) is 18.3 Å².